The van der Waals surface area contributed by atoms with Crippen molar-refractivity contribution < 1.29 is 33.7 Å². The third-order valence-corrected chi connectivity index (χ3v) is 5.09. The molecule has 0 bridgehead atoms. The van der Waals surface area contributed by atoms with Gasteiger partial charge in [-0.05, 0) is 38.5 Å². The first kappa shape index (κ1) is 22.6. The fourth-order valence-electron chi connectivity index (χ4n) is 3.48. The molecule has 0 aromatic heterocycles. The lowest BCUT2D eigenvalue weighted by atomic mass is 9.85. The molecule has 2 rings (SSSR count). The molecule has 1 heterocycles. The van der Waals surface area contributed by atoms with Gasteiger partial charge in [0.2, 0.25) is 0 Å². The summed E-state index contributed by atoms with van der Waals surface area (Å²) in [5.74, 6) is -2.08. The molecule has 1 saturated heterocycles. The van der Waals surface area contributed by atoms with Crippen molar-refractivity contribution in [2.75, 3.05) is 6.61 Å². The van der Waals surface area contributed by atoms with Crippen LogP contribution < -0.4 is 0 Å². The number of esters is 3. The predicted molar refractivity (Wildman–Crippen MR) is 106 cm³/mol. The van der Waals surface area contributed by atoms with Crippen LogP contribution in [0.4, 0.5) is 0 Å². The van der Waals surface area contributed by atoms with Crippen molar-refractivity contribution in [1.82, 2.24) is 0 Å². The maximum atomic E-state index is 12.4. The summed E-state index contributed by atoms with van der Waals surface area (Å²) >= 11 is 0. The van der Waals surface area contributed by atoms with Crippen molar-refractivity contribution in [3.63, 3.8) is 0 Å². The molecule has 1 fully saturated rings. The zero-order chi connectivity index (χ0) is 21.7. The average molecular weight is 404 g/mol. The highest BCUT2D eigenvalue weighted by Gasteiger charge is 2.44. The highest BCUT2D eigenvalue weighted by molar-refractivity contribution is 5.92. The van der Waals surface area contributed by atoms with E-state index in [0.717, 1.165) is 11.1 Å². The van der Waals surface area contributed by atoms with Crippen LogP contribution in [0.2, 0.25) is 0 Å². The van der Waals surface area contributed by atoms with Gasteiger partial charge in [0.1, 0.15) is 18.3 Å². The molecule has 29 heavy (non-hydrogen) atoms. The summed E-state index contributed by atoms with van der Waals surface area (Å²) in [5, 5.41) is 9.01. The van der Waals surface area contributed by atoms with Crippen LogP contribution in [0, 0.1) is 5.92 Å². The Kier molecular flexibility index (Phi) is 7.56. The summed E-state index contributed by atoms with van der Waals surface area (Å²) in [6.45, 7) is 10.2. The highest BCUT2D eigenvalue weighted by Crippen LogP contribution is 2.36. The number of aliphatic hydroxyl groups excluding tert-OH is 1. The van der Waals surface area contributed by atoms with Gasteiger partial charge in [-0.1, -0.05) is 18.2 Å². The van der Waals surface area contributed by atoms with E-state index in [1.165, 1.54) is 13.0 Å². The van der Waals surface area contributed by atoms with E-state index in [9.17, 15) is 14.4 Å². The smallest absolute Gasteiger partial charge is 0.334 e. The second-order valence-electron chi connectivity index (χ2n) is 7.43. The molecule has 7 heteroatoms. The van der Waals surface area contributed by atoms with Crippen LogP contribution in [-0.4, -0.2) is 47.9 Å². The zero-order valence-electron chi connectivity index (χ0n) is 17.3. The molecule has 0 amide bonds. The van der Waals surface area contributed by atoms with E-state index in [4.69, 9.17) is 19.3 Å². The molecule has 0 saturated carbocycles. The number of fused-ring (bicyclic) bond motifs is 1. The van der Waals surface area contributed by atoms with Crippen molar-refractivity contribution in [3.05, 3.63) is 47.1 Å². The van der Waals surface area contributed by atoms with Gasteiger partial charge >= 0.3 is 17.9 Å². The second kappa shape index (κ2) is 9.69. The Morgan fingerprint density at radius 1 is 1.31 bits per heavy atom. The molecular weight excluding hydrogens is 376 g/mol. The first-order valence-electron chi connectivity index (χ1n) is 9.53. The predicted octanol–water partition coefficient (Wildman–Crippen LogP) is 2.55. The first-order valence-corrected chi connectivity index (χ1v) is 9.53. The fraction of sp³-hybridized carbons (Fsp3) is 0.500. The fourth-order valence-corrected chi connectivity index (χ4v) is 3.48. The van der Waals surface area contributed by atoms with E-state index in [-0.39, 0.29) is 17.8 Å². The summed E-state index contributed by atoms with van der Waals surface area (Å²) in [6, 6.07) is 0. The molecule has 0 radical (unpaired) electrons. The lowest BCUT2D eigenvalue weighted by molar-refractivity contribution is -0.148. The Labute approximate surface area is 170 Å². The summed E-state index contributed by atoms with van der Waals surface area (Å²) in [4.78, 5) is 36.1. The van der Waals surface area contributed by atoms with Crippen LogP contribution >= 0.6 is 0 Å². The number of carbonyl (C=O) groups excluding carboxylic acids is 3. The monoisotopic (exact) mass is 404 g/mol. The van der Waals surface area contributed by atoms with Gasteiger partial charge in [-0.15, -0.1) is 0 Å². The third kappa shape index (κ3) is 5.67. The number of rotatable bonds is 4. The molecule has 1 N–H and O–H groups in total. The van der Waals surface area contributed by atoms with Crippen LogP contribution in [0.15, 0.2) is 47.1 Å². The minimum Gasteiger partial charge on any atom is -0.458 e. The molecule has 0 spiro atoms. The number of carbonyl (C=O) groups is 3. The molecule has 0 aromatic rings. The lowest BCUT2D eigenvalue weighted by Gasteiger charge is -2.28. The van der Waals surface area contributed by atoms with Crippen molar-refractivity contribution in [1.29, 1.82) is 0 Å². The molecule has 1 aliphatic carbocycles. The van der Waals surface area contributed by atoms with Crippen molar-refractivity contribution >= 4 is 17.9 Å². The van der Waals surface area contributed by atoms with Crippen LogP contribution in [-0.2, 0) is 28.6 Å². The molecule has 0 unspecified atom stereocenters. The molecule has 7 nitrogen and oxygen atoms in total. The van der Waals surface area contributed by atoms with Gasteiger partial charge in [0.25, 0.3) is 0 Å². The van der Waals surface area contributed by atoms with E-state index >= 15 is 0 Å². The second-order valence-corrected chi connectivity index (χ2v) is 7.43. The molecule has 4 atom stereocenters. The topological polar surface area (TPSA) is 99.1 Å². The van der Waals surface area contributed by atoms with Gasteiger partial charge < -0.3 is 19.3 Å². The van der Waals surface area contributed by atoms with Gasteiger partial charge in [0, 0.05) is 30.9 Å². The van der Waals surface area contributed by atoms with E-state index in [0.29, 0.717) is 12.8 Å². The first-order chi connectivity index (χ1) is 13.6. The van der Waals surface area contributed by atoms with Gasteiger partial charge in [0.05, 0.1) is 12.5 Å². The normalized spacial score (nSPS) is 31.6. The SMILES string of the molecule is C=C1C(=O)O[C@@H]2/C=C(/C)[C@@H](OC(C)=O)C/C=C(/C)C[C@@H](OC(=O)/C(C)=C/CO)[C@@H]12. The Balaban J connectivity index is 2.42. The largest absolute Gasteiger partial charge is 0.458 e. The molecule has 0 aromatic carbocycles. The third-order valence-electron chi connectivity index (χ3n) is 5.09. The van der Waals surface area contributed by atoms with Gasteiger partial charge in [-0.2, -0.15) is 0 Å². The standard InChI is InChI=1S/C22H28O7/c1-12-6-7-17(27-16(5)24)14(3)11-19-20(15(4)22(26)29-19)18(10-12)28-21(25)13(2)8-9-23/h6,8,11,17-20,23H,4,7,9-10H2,1-3,5H3/b12-6-,13-8+,14-11-/t17-,18+,19+,20+/m0/s1. The lowest BCUT2D eigenvalue weighted by Crippen LogP contribution is -2.34. The van der Waals surface area contributed by atoms with Gasteiger partial charge in [-0.25, -0.2) is 9.59 Å². The molecule has 158 valence electrons. The number of hydrogen-bond acceptors (Lipinski definition) is 7. The summed E-state index contributed by atoms with van der Waals surface area (Å²) in [5.41, 5.74) is 2.17. The number of hydrogen-bond donors (Lipinski definition) is 1. The quantitative estimate of drug-likeness (QED) is 0.333. The Morgan fingerprint density at radius 3 is 2.62 bits per heavy atom. The van der Waals surface area contributed by atoms with E-state index in [2.05, 4.69) is 6.58 Å². The van der Waals surface area contributed by atoms with Crippen molar-refractivity contribution in [2.24, 2.45) is 5.92 Å². The molecular formula is C22H28O7. The van der Waals surface area contributed by atoms with Crippen LogP contribution in [0.1, 0.15) is 40.5 Å². The highest BCUT2D eigenvalue weighted by atomic mass is 16.6. The number of ether oxygens (including phenoxy) is 3. The van der Waals surface area contributed by atoms with E-state index in [1.54, 1.807) is 19.9 Å². The molecule has 1 aliphatic heterocycles. The minimum absolute atomic E-state index is 0.234. The van der Waals surface area contributed by atoms with E-state index < -0.39 is 42.1 Å². The summed E-state index contributed by atoms with van der Waals surface area (Å²) in [7, 11) is 0. The van der Waals surface area contributed by atoms with Gasteiger partial charge in [-0.3, -0.25) is 4.79 Å². The minimum atomic E-state index is -0.682. The Bertz CT molecular complexity index is 787. The van der Waals surface area contributed by atoms with Crippen molar-refractivity contribution in [3.8, 4) is 0 Å². The van der Waals surface area contributed by atoms with E-state index in [1.807, 2.05) is 13.0 Å². The summed E-state index contributed by atoms with van der Waals surface area (Å²) < 4.78 is 16.6. The Hall–Kier alpha value is -2.67. The van der Waals surface area contributed by atoms with Crippen LogP contribution in [0.3, 0.4) is 0 Å². The average Bonchev–Trinajstić information content (AvgIpc) is 2.90. The maximum Gasteiger partial charge on any atom is 0.334 e. The zero-order valence-corrected chi connectivity index (χ0v) is 17.3. The Morgan fingerprint density at radius 2 is 2.00 bits per heavy atom. The van der Waals surface area contributed by atoms with Gasteiger partial charge in [0.15, 0.2) is 0 Å². The van der Waals surface area contributed by atoms with Crippen LogP contribution in [0.25, 0.3) is 0 Å². The maximum absolute atomic E-state index is 12.4. The van der Waals surface area contributed by atoms with Crippen LogP contribution in [0.5, 0.6) is 0 Å². The summed E-state index contributed by atoms with van der Waals surface area (Å²) in [6.07, 6.45) is 4.05. The van der Waals surface area contributed by atoms with Crippen molar-refractivity contribution in [2.45, 2.75) is 58.8 Å². The number of aliphatic hydroxyl groups is 1. The molecule has 2 aliphatic rings.